The Balaban J connectivity index is 1.87. The van der Waals surface area contributed by atoms with Gasteiger partial charge in [-0.2, -0.15) is 0 Å². The number of benzene rings is 1. The number of carboxylic acid groups (broad SMARTS) is 1. The van der Waals surface area contributed by atoms with Crippen LogP contribution in [0.3, 0.4) is 0 Å². The number of thiazole rings is 1. The minimum absolute atomic E-state index is 0.0502. The average molecular weight is 332 g/mol. The number of nitrogens with zero attached hydrogens (tertiary/aromatic N) is 1. The number of aliphatic carboxylic acids is 1. The molecular formula is C17H20N2O3S. The molecule has 0 radical (unpaired) electrons. The molecule has 0 aliphatic carbocycles. The van der Waals surface area contributed by atoms with Crippen LogP contribution in [-0.2, 0) is 16.0 Å². The number of hydrogen-bond donors (Lipinski definition) is 2. The fourth-order valence-electron chi connectivity index (χ4n) is 2.10. The summed E-state index contributed by atoms with van der Waals surface area (Å²) in [7, 11) is 0. The molecule has 5 nitrogen and oxygen atoms in total. The lowest BCUT2D eigenvalue weighted by Gasteiger charge is -2.09. The van der Waals surface area contributed by atoms with E-state index in [9.17, 15) is 9.59 Å². The highest BCUT2D eigenvalue weighted by molar-refractivity contribution is 7.13. The van der Waals surface area contributed by atoms with Crippen molar-refractivity contribution in [3.05, 3.63) is 40.9 Å². The predicted octanol–water partition coefficient (Wildman–Crippen LogP) is 2.89. The second-order valence-electron chi connectivity index (χ2n) is 5.69. The summed E-state index contributed by atoms with van der Waals surface area (Å²) >= 11 is 1.51. The van der Waals surface area contributed by atoms with Gasteiger partial charge in [-0.3, -0.25) is 9.59 Å². The molecule has 0 spiro atoms. The summed E-state index contributed by atoms with van der Waals surface area (Å²) in [6.07, 6.45) is 0.261. The van der Waals surface area contributed by atoms with Crippen LogP contribution in [0.4, 0.5) is 0 Å². The van der Waals surface area contributed by atoms with E-state index in [2.05, 4.69) is 10.3 Å². The van der Waals surface area contributed by atoms with Crippen molar-refractivity contribution in [2.45, 2.75) is 26.7 Å². The SMILES string of the molecule is Cc1ccc(-c2nc(CC(=O)NCC(C)CC(=O)O)cs2)cc1. The largest absolute Gasteiger partial charge is 0.481 e. The van der Waals surface area contributed by atoms with E-state index in [0.29, 0.717) is 6.54 Å². The van der Waals surface area contributed by atoms with Crippen LogP contribution in [0.1, 0.15) is 24.6 Å². The van der Waals surface area contributed by atoms with Crippen molar-refractivity contribution in [1.82, 2.24) is 10.3 Å². The highest BCUT2D eigenvalue weighted by Gasteiger charge is 2.12. The molecule has 122 valence electrons. The molecule has 2 rings (SSSR count). The van der Waals surface area contributed by atoms with Gasteiger partial charge in [0.15, 0.2) is 0 Å². The van der Waals surface area contributed by atoms with Gasteiger partial charge in [-0.1, -0.05) is 36.8 Å². The first kappa shape index (κ1) is 17.1. The Kier molecular flexibility index (Phi) is 5.87. The van der Waals surface area contributed by atoms with Crippen molar-refractivity contribution in [3.63, 3.8) is 0 Å². The van der Waals surface area contributed by atoms with E-state index in [1.807, 2.05) is 36.6 Å². The second-order valence-corrected chi connectivity index (χ2v) is 6.55. The molecule has 0 saturated heterocycles. The van der Waals surface area contributed by atoms with Gasteiger partial charge in [0.2, 0.25) is 5.91 Å². The number of carbonyl (C=O) groups is 2. The van der Waals surface area contributed by atoms with Crippen LogP contribution in [0, 0.1) is 12.8 Å². The summed E-state index contributed by atoms with van der Waals surface area (Å²) in [6.45, 7) is 4.19. The lowest BCUT2D eigenvalue weighted by Crippen LogP contribution is -2.30. The number of aromatic nitrogens is 1. The van der Waals surface area contributed by atoms with Crippen LogP contribution in [-0.4, -0.2) is 28.5 Å². The number of amides is 1. The topological polar surface area (TPSA) is 79.3 Å². The first-order valence-corrected chi connectivity index (χ1v) is 8.32. The lowest BCUT2D eigenvalue weighted by molar-refractivity contribution is -0.138. The molecule has 6 heteroatoms. The normalized spacial score (nSPS) is 11.9. The number of aryl methyl sites for hydroxylation is 1. The molecule has 23 heavy (non-hydrogen) atoms. The third-order valence-electron chi connectivity index (χ3n) is 3.36. The Morgan fingerprint density at radius 1 is 1.30 bits per heavy atom. The smallest absolute Gasteiger partial charge is 0.303 e. The molecule has 1 aromatic heterocycles. The minimum Gasteiger partial charge on any atom is -0.481 e. The quantitative estimate of drug-likeness (QED) is 0.817. The fourth-order valence-corrected chi connectivity index (χ4v) is 2.93. The van der Waals surface area contributed by atoms with E-state index in [0.717, 1.165) is 16.3 Å². The molecular weight excluding hydrogens is 312 g/mol. The van der Waals surface area contributed by atoms with E-state index in [1.165, 1.54) is 16.9 Å². The van der Waals surface area contributed by atoms with Crippen LogP contribution in [0.25, 0.3) is 10.6 Å². The molecule has 0 bridgehead atoms. The van der Waals surface area contributed by atoms with Gasteiger partial charge in [0.25, 0.3) is 0 Å². The van der Waals surface area contributed by atoms with E-state index < -0.39 is 5.97 Å². The number of hydrogen-bond acceptors (Lipinski definition) is 4. The summed E-state index contributed by atoms with van der Waals surface area (Å²) in [5.74, 6) is -1.08. The zero-order valence-electron chi connectivity index (χ0n) is 13.2. The molecule has 2 aromatic rings. The maximum absolute atomic E-state index is 11.9. The van der Waals surface area contributed by atoms with Gasteiger partial charge >= 0.3 is 5.97 Å². The van der Waals surface area contributed by atoms with E-state index in [1.54, 1.807) is 6.92 Å². The molecule has 1 unspecified atom stereocenters. The summed E-state index contributed by atoms with van der Waals surface area (Å²) in [6, 6.07) is 8.11. The molecule has 1 atom stereocenters. The Morgan fingerprint density at radius 2 is 2.00 bits per heavy atom. The third kappa shape index (κ3) is 5.49. The lowest BCUT2D eigenvalue weighted by atomic mass is 10.1. The number of nitrogens with one attached hydrogen (secondary N) is 1. The first-order valence-electron chi connectivity index (χ1n) is 7.44. The molecule has 1 heterocycles. The van der Waals surface area contributed by atoms with E-state index in [-0.39, 0.29) is 24.7 Å². The van der Waals surface area contributed by atoms with Crippen molar-refractivity contribution in [2.24, 2.45) is 5.92 Å². The third-order valence-corrected chi connectivity index (χ3v) is 4.30. The average Bonchev–Trinajstić information content (AvgIpc) is 2.93. The molecule has 1 amide bonds. The Bertz CT molecular complexity index is 679. The van der Waals surface area contributed by atoms with Gasteiger partial charge in [0.05, 0.1) is 12.1 Å². The van der Waals surface area contributed by atoms with Crippen molar-refractivity contribution >= 4 is 23.2 Å². The van der Waals surface area contributed by atoms with Gasteiger partial charge in [-0.05, 0) is 12.8 Å². The highest BCUT2D eigenvalue weighted by atomic mass is 32.1. The van der Waals surface area contributed by atoms with Crippen molar-refractivity contribution < 1.29 is 14.7 Å². The molecule has 1 aromatic carbocycles. The van der Waals surface area contributed by atoms with Gasteiger partial charge in [-0.15, -0.1) is 11.3 Å². The maximum Gasteiger partial charge on any atom is 0.303 e. The zero-order chi connectivity index (χ0) is 16.8. The van der Waals surface area contributed by atoms with Crippen LogP contribution < -0.4 is 5.32 Å². The number of rotatable bonds is 7. The van der Waals surface area contributed by atoms with Gasteiger partial charge < -0.3 is 10.4 Å². The Labute approximate surface area is 139 Å². The summed E-state index contributed by atoms with van der Waals surface area (Å²) < 4.78 is 0. The van der Waals surface area contributed by atoms with E-state index in [4.69, 9.17) is 5.11 Å². The van der Waals surface area contributed by atoms with Gasteiger partial charge in [0.1, 0.15) is 5.01 Å². The second kappa shape index (κ2) is 7.87. The molecule has 0 fully saturated rings. The van der Waals surface area contributed by atoms with Crippen LogP contribution in [0.2, 0.25) is 0 Å². The number of carboxylic acids is 1. The summed E-state index contributed by atoms with van der Waals surface area (Å²) in [5.41, 5.74) is 2.97. The number of carbonyl (C=O) groups excluding carboxylic acids is 1. The highest BCUT2D eigenvalue weighted by Crippen LogP contribution is 2.24. The fraction of sp³-hybridized carbons (Fsp3) is 0.353. The standard InChI is InChI=1S/C17H20N2O3S/c1-11-3-5-13(6-4-11)17-19-14(10-23-17)8-15(20)18-9-12(2)7-16(21)22/h3-6,10,12H,7-9H2,1-2H3,(H,18,20)(H,21,22). The van der Waals surface area contributed by atoms with Gasteiger partial charge in [0, 0.05) is 23.9 Å². The Hall–Kier alpha value is -2.21. The Morgan fingerprint density at radius 3 is 2.65 bits per heavy atom. The van der Waals surface area contributed by atoms with Gasteiger partial charge in [-0.25, -0.2) is 4.98 Å². The van der Waals surface area contributed by atoms with Crippen LogP contribution in [0.5, 0.6) is 0 Å². The summed E-state index contributed by atoms with van der Waals surface area (Å²) in [4.78, 5) is 27.0. The zero-order valence-corrected chi connectivity index (χ0v) is 14.0. The van der Waals surface area contributed by atoms with Crippen molar-refractivity contribution in [3.8, 4) is 10.6 Å². The van der Waals surface area contributed by atoms with Crippen molar-refractivity contribution in [1.29, 1.82) is 0 Å². The minimum atomic E-state index is -0.853. The predicted molar refractivity (Wildman–Crippen MR) is 90.4 cm³/mol. The monoisotopic (exact) mass is 332 g/mol. The van der Waals surface area contributed by atoms with Crippen LogP contribution in [0.15, 0.2) is 29.6 Å². The summed E-state index contributed by atoms with van der Waals surface area (Å²) in [5, 5.41) is 14.2. The maximum atomic E-state index is 11.9. The molecule has 0 aliphatic rings. The molecule has 0 saturated carbocycles. The van der Waals surface area contributed by atoms with Crippen molar-refractivity contribution in [2.75, 3.05) is 6.54 Å². The first-order chi connectivity index (χ1) is 10.9. The molecule has 0 aliphatic heterocycles. The van der Waals surface area contributed by atoms with E-state index >= 15 is 0 Å². The molecule has 2 N–H and O–H groups in total. The van der Waals surface area contributed by atoms with Crippen LogP contribution >= 0.6 is 11.3 Å².